The van der Waals surface area contributed by atoms with Gasteiger partial charge in [0.2, 0.25) is 0 Å². The van der Waals surface area contributed by atoms with E-state index in [0.29, 0.717) is 5.41 Å². The summed E-state index contributed by atoms with van der Waals surface area (Å²) >= 11 is 0. The third-order valence-corrected chi connectivity index (χ3v) is 5.00. The summed E-state index contributed by atoms with van der Waals surface area (Å²) in [6.07, 6.45) is 11.6. The van der Waals surface area contributed by atoms with E-state index in [0.717, 1.165) is 17.9 Å². The Labute approximate surface area is 108 Å². The summed E-state index contributed by atoms with van der Waals surface area (Å²) in [5, 5.41) is 3.81. The number of rotatable bonds is 5. The lowest BCUT2D eigenvalue weighted by atomic mass is 9.91. The van der Waals surface area contributed by atoms with Crippen LogP contribution in [0.4, 0.5) is 0 Å². The van der Waals surface area contributed by atoms with E-state index in [-0.39, 0.29) is 0 Å². The van der Waals surface area contributed by atoms with Gasteiger partial charge < -0.3 is 5.32 Å². The van der Waals surface area contributed by atoms with E-state index in [2.05, 4.69) is 26.1 Å². The van der Waals surface area contributed by atoms with Gasteiger partial charge in [-0.1, -0.05) is 46.5 Å². The summed E-state index contributed by atoms with van der Waals surface area (Å²) in [5.74, 6) is 1.94. The summed E-state index contributed by atoms with van der Waals surface area (Å²) < 4.78 is 0. The van der Waals surface area contributed by atoms with Gasteiger partial charge in [0.1, 0.15) is 0 Å². The summed E-state index contributed by atoms with van der Waals surface area (Å²) in [7, 11) is 0. The molecule has 0 aromatic carbocycles. The molecule has 17 heavy (non-hydrogen) atoms. The zero-order valence-electron chi connectivity index (χ0n) is 12.1. The van der Waals surface area contributed by atoms with Gasteiger partial charge in [0.05, 0.1) is 0 Å². The minimum atomic E-state index is 0.572. The van der Waals surface area contributed by atoms with Crippen molar-refractivity contribution in [3.8, 4) is 0 Å². The Bertz CT molecular complexity index is 228. The predicted octanol–water partition coefficient (Wildman–Crippen LogP) is 4.37. The summed E-state index contributed by atoms with van der Waals surface area (Å²) in [6.45, 7) is 8.51. The molecule has 0 aromatic rings. The summed E-state index contributed by atoms with van der Waals surface area (Å²) in [5.41, 5.74) is 0.572. The Kier molecular flexibility index (Phi) is 4.52. The van der Waals surface area contributed by atoms with Gasteiger partial charge in [-0.15, -0.1) is 0 Å². The molecule has 0 saturated heterocycles. The monoisotopic (exact) mass is 237 g/mol. The average molecular weight is 237 g/mol. The Morgan fingerprint density at radius 2 is 1.82 bits per heavy atom. The van der Waals surface area contributed by atoms with E-state index in [9.17, 15) is 0 Å². The molecule has 0 amide bonds. The van der Waals surface area contributed by atoms with E-state index in [1.165, 1.54) is 57.9 Å². The fourth-order valence-corrected chi connectivity index (χ4v) is 4.14. The van der Waals surface area contributed by atoms with Crippen molar-refractivity contribution in [3.05, 3.63) is 0 Å². The molecule has 2 atom stereocenters. The lowest BCUT2D eigenvalue weighted by Gasteiger charge is -2.19. The van der Waals surface area contributed by atoms with Gasteiger partial charge in [0.25, 0.3) is 0 Å². The first kappa shape index (κ1) is 13.4. The molecule has 2 saturated carbocycles. The van der Waals surface area contributed by atoms with Gasteiger partial charge in [-0.05, 0) is 49.5 Å². The molecule has 2 unspecified atom stereocenters. The summed E-state index contributed by atoms with van der Waals surface area (Å²) in [4.78, 5) is 0. The molecule has 1 N–H and O–H groups in total. The van der Waals surface area contributed by atoms with Crippen LogP contribution < -0.4 is 5.32 Å². The second-order valence-electron chi connectivity index (χ2n) is 7.40. The Morgan fingerprint density at radius 3 is 2.41 bits per heavy atom. The molecule has 1 heteroatoms. The van der Waals surface area contributed by atoms with E-state index in [1.807, 2.05) is 0 Å². The molecule has 2 fully saturated rings. The SMILES string of the molecule is CC1CC(C)(C)CC1NCCCC1CCCC1. The standard InChI is InChI=1S/C16H31N/c1-13-11-16(2,3)12-15(13)17-10-6-9-14-7-4-5-8-14/h13-15,17H,4-12H2,1-3H3. The molecule has 2 aliphatic rings. The van der Waals surface area contributed by atoms with Gasteiger partial charge >= 0.3 is 0 Å². The maximum atomic E-state index is 3.81. The highest BCUT2D eigenvalue weighted by atomic mass is 14.9. The molecule has 0 heterocycles. The fourth-order valence-electron chi connectivity index (χ4n) is 4.14. The quantitative estimate of drug-likeness (QED) is 0.700. The highest BCUT2D eigenvalue weighted by Gasteiger charge is 2.35. The van der Waals surface area contributed by atoms with Gasteiger partial charge in [0.15, 0.2) is 0 Å². The highest BCUT2D eigenvalue weighted by molar-refractivity contribution is 4.91. The van der Waals surface area contributed by atoms with Crippen molar-refractivity contribution in [2.75, 3.05) is 6.54 Å². The van der Waals surface area contributed by atoms with Crippen LogP contribution in [0.2, 0.25) is 0 Å². The molecule has 0 spiro atoms. The maximum absolute atomic E-state index is 3.81. The van der Waals surface area contributed by atoms with Crippen molar-refractivity contribution >= 4 is 0 Å². The molecule has 2 rings (SSSR count). The number of hydrogen-bond donors (Lipinski definition) is 1. The molecule has 0 aromatic heterocycles. The van der Waals surface area contributed by atoms with Crippen LogP contribution in [0.25, 0.3) is 0 Å². The first-order chi connectivity index (χ1) is 8.07. The lowest BCUT2D eigenvalue weighted by Crippen LogP contribution is -2.32. The van der Waals surface area contributed by atoms with Crippen LogP contribution in [-0.2, 0) is 0 Å². The minimum absolute atomic E-state index is 0.572. The Morgan fingerprint density at radius 1 is 1.12 bits per heavy atom. The topological polar surface area (TPSA) is 12.0 Å². The van der Waals surface area contributed by atoms with Gasteiger partial charge in [0, 0.05) is 6.04 Å². The third-order valence-electron chi connectivity index (χ3n) is 5.00. The first-order valence-electron chi connectivity index (χ1n) is 7.80. The molecular formula is C16H31N. The van der Waals surface area contributed by atoms with E-state index < -0.39 is 0 Å². The lowest BCUT2D eigenvalue weighted by molar-refractivity contribution is 0.360. The third kappa shape index (κ3) is 3.98. The van der Waals surface area contributed by atoms with Crippen LogP contribution in [0.1, 0.15) is 72.1 Å². The highest BCUT2D eigenvalue weighted by Crippen LogP contribution is 2.40. The van der Waals surface area contributed by atoms with Crippen LogP contribution >= 0.6 is 0 Å². The number of nitrogens with one attached hydrogen (secondary N) is 1. The zero-order valence-corrected chi connectivity index (χ0v) is 12.1. The van der Waals surface area contributed by atoms with Gasteiger partial charge in [-0.25, -0.2) is 0 Å². The Balaban J connectivity index is 1.59. The van der Waals surface area contributed by atoms with Gasteiger partial charge in [-0.2, -0.15) is 0 Å². The van der Waals surface area contributed by atoms with Crippen molar-refractivity contribution in [2.24, 2.45) is 17.3 Å². The van der Waals surface area contributed by atoms with E-state index in [4.69, 9.17) is 0 Å². The molecule has 2 aliphatic carbocycles. The minimum Gasteiger partial charge on any atom is -0.314 e. The molecule has 100 valence electrons. The molecule has 1 nitrogen and oxygen atoms in total. The van der Waals surface area contributed by atoms with Crippen molar-refractivity contribution in [1.29, 1.82) is 0 Å². The van der Waals surface area contributed by atoms with Crippen molar-refractivity contribution < 1.29 is 0 Å². The molecule has 0 radical (unpaired) electrons. The van der Waals surface area contributed by atoms with Crippen LogP contribution in [0, 0.1) is 17.3 Å². The predicted molar refractivity (Wildman–Crippen MR) is 75.2 cm³/mol. The van der Waals surface area contributed by atoms with Crippen LogP contribution in [-0.4, -0.2) is 12.6 Å². The molecule has 0 bridgehead atoms. The van der Waals surface area contributed by atoms with Crippen molar-refractivity contribution in [1.82, 2.24) is 5.32 Å². The maximum Gasteiger partial charge on any atom is 0.00979 e. The number of hydrogen-bond acceptors (Lipinski definition) is 1. The first-order valence-corrected chi connectivity index (χ1v) is 7.80. The smallest absolute Gasteiger partial charge is 0.00979 e. The van der Waals surface area contributed by atoms with Crippen LogP contribution in [0.15, 0.2) is 0 Å². The summed E-state index contributed by atoms with van der Waals surface area (Å²) in [6, 6.07) is 0.786. The van der Waals surface area contributed by atoms with Gasteiger partial charge in [-0.3, -0.25) is 0 Å². The Hall–Kier alpha value is -0.0400. The average Bonchev–Trinajstić information content (AvgIpc) is 2.81. The molecule has 0 aliphatic heterocycles. The normalized spacial score (nSPS) is 33.4. The second-order valence-corrected chi connectivity index (χ2v) is 7.40. The largest absolute Gasteiger partial charge is 0.314 e. The second kappa shape index (κ2) is 5.73. The van der Waals surface area contributed by atoms with Crippen LogP contribution in [0.5, 0.6) is 0 Å². The van der Waals surface area contributed by atoms with Crippen molar-refractivity contribution in [3.63, 3.8) is 0 Å². The molecular weight excluding hydrogens is 206 g/mol. The fraction of sp³-hybridized carbons (Fsp3) is 1.00. The van der Waals surface area contributed by atoms with E-state index in [1.54, 1.807) is 0 Å². The van der Waals surface area contributed by atoms with Crippen LogP contribution in [0.3, 0.4) is 0 Å². The van der Waals surface area contributed by atoms with E-state index >= 15 is 0 Å². The zero-order chi connectivity index (χ0) is 12.3. The van der Waals surface area contributed by atoms with Crippen molar-refractivity contribution in [2.45, 2.75) is 78.2 Å².